The molecule has 0 N–H and O–H groups in total. The van der Waals surface area contributed by atoms with E-state index in [1.807, 2.05) is 36.4 Å². The van der Waals surface area contributed by atoms with Crippen molar-refractivity contribution >= 4 is 17.4 Å². The van der Waals surface area contributed by atoms with Crippen molar-refractivity contribution < 1.29 is 14.3 Å². The number of ether oxygens (including phenoxy) is 2. The highest BCUT2D eigenvalue weighted by Crippen LogP contribution is 2.37. The monoisotopic (exact) mass is 352 g/mol. The SMILES string of the molecule is COc1ccc(-c2ccc(C(=O)c3ccccc3)cc2Cl)c(OC)c1. The molecule has 3 aromatic rings. The van der Waals surface area contributed by atoms with Crippen molar-refractivity contribution in [1.29, 1.82) is 0 Å². The molecule has 0 saturated carbocycles. The molecule has 0 fully saturated rings. The second kappa shape index (κ2) is 7.41. The predicted molar refractivity (Wildman–Crippen MR) is 99.9 cm³/mol. The normalized spacial score (nSPS) is 10.4. The van der Waals surface area contributed by atoms with E-state index < -0.39 is 0 Å². The van der Waals surface area contributed by atoms with Crippen molar-refractivity contribution in [2.45, 2.75) is 0 Å². The Balaban J connectivity index is 1.99. The van der Waals surface area contributed by atoms with Crippen LogP contribution in [0.3, 0.4) is 0 Å². The van der Waals surface area contributed by atoms with Gasteiger partial charge in [0.05, 0.1) is 14.2 Å². The Morgan fingerprint density at radius 2 is 1.52 bits per heavy atom. The van der Waals surface area contributed by atoms with Crippen LogP contribution >= 0.6 is 11.6 Å². The second-order valence-corrected chi connectivity index (χ2v) is 5.86. The van der Waals surface area contributed by atoms with Crippen LogP contribution in [0, 0.1) is 0 Å². The molecular weight excluding hydrogens is 336 g/mol. The van der Waals surface area contributed by atoms with Crippen molar-refractivity contribution in [3.8, 4) is 22.6 Å². The van der Waals surface area contributed by atoms with Gasteiger partial charge >= 0.3 is 0 Å². The Hall–Kier alpha value is -2.78. The minimum Gasteiger partial charge on any atom is -0.497 e. The summed E-state index contributed by atoms with van der Waals surface area (Å²) in [5, 5.41) is 0.491. The van der Waals surface area contributed by atoms with E-state index in [1.165, 1.54) is 0 Å². The predicted octanol–water partition coefficient (Wildman–Crippen LogP) is 5.26. The number of methoxy groups -OCH3 is 2. The standard InChI is InChI=1S/C21H17ClO3/c1-24-16-9-11-18(20(13-16)25-2)17-10-8-15(12-19(17)22)21(23)14-6-4-3-5-7-14/h3-13H,1-2H3. The Bertz CT molecular complexity index is 904. The molecule has 0 atom stereocenters. The second-order valence-electron chi connectivity index (χ2n) is 5.46. The Morgan fingerprint density at radius 1 is 0.800 bits per heavy atom. The van der Waals surface area contributed by atoms with Crippen LogP contribution in [0.4, 0.5) is 0 Å². The zero-order valence-electron chi connectivity index (χ0n) is 14.0. The summed E-state index contributed by atoms with van der Waals surface area (Å²) in [7, 11) is 3.20. The van der Waals surface area contributed by atoms with Gasteiger partial charge in [-0.15, -0.1) is 0 Å². The first kappa shape index (κ1) is 17.1. The molecule has 0 spiro atoms. The van der Waals surface area contributed by atoms with Crippen molar-refractivity contribution in [3.05, 3.63) is 82.9 Å². The Kier molecular flexibility index (Phi) is 5.05. The van der Waals surface area contributed by atoms with E-state index in [1.54, 1.807) is 44.6 Å². The number of ketones is 1. The third kappa shape index (κ3) is 3.52. The fraction of sp³-hybridized carbons (Fsp3) is 0.0952. The summed E-state index contributed by atoms with van der Waals surface area (Å²) < 4.78 is 10.7. The third-order valence-electron chi connectivity index (χ3n) is 3.97. The zero-order chi connectivity index (χ0) is 17.8. The largest absolute Gasteiger partial charge is 0.497 e. The van der Waals surface area contributed by atoms with Gasteiger partial charge in [-0.2, -0.15) is 0 Å². The molecule has 0 radical (unpaired) electrons. The van der Waals surface area contributed by atoms with Crippen molar-refractivity contribution in [3.63, 3.8) is 0 Å². The number of hydrogen-bond donors (Lipinski definition) is 0. The lowest BCUT2D eigenvalue weighted by atomic mass is 9.98. The van der Waals surface area contributed by atoms with Gasteiger partial charge in [-0.25, -0.2) is 0 Å². The van der Waals surface area contributed by atoms with Crippen LogP contribution in [-0.2, 0) is 0 Å². The maximum absolute atomic E-state index is 12.6. The van der Waals surface area contributed by atoms with Gasteiger partial charge in [0.1, 0.15) is 11.5 Å². The maximum Gasteiger partial charge on any atom is 0.193 e. The minimum atomic E-state index is -0.0595. The van der Waals surface area contributed by atoms with Gasteiger partial charge in [-0.3, -0.25) is 4.79 Å². The highest BCUT2D eigenvalue weighted by Gasteiger charge is 2.14. The first-order valence-electron chi connectivity index (χ1n) is 7.75. The van der Waals surface area contributed by atoms with Crippen LogP contribution in [0.5, 0.6) is 11.5 Å². The Morgan fingerprint density at radius 3 is 2.16 bits per heavy atom. The van der Waals surface area contributed by atoms with Crippen LogP contribution in [0.15, 0.2) is 66.7 Å². The van der Waals surface area contributed by atoms with Crippen molar-refractivity contribution in [2.24, 2.45) is 0 Å². The summed E-state index contributed by atoms with van der Waals surface area (Å²) in [4.78, 5) is 12.6. The summed E-state index contributed by atoms with van der Waals surface area (Å²) in [6, 6.07) is 20.0. The number of rotatable bonds is 5. The average Bonchev–Trinajstić information content (AvgIpc) is 2.67. The summed E-state index contributed by atoms with van der Waals surface area (Å²) in [5.41, 5.74) is 2.82. The van der Waals surface area contributed by atoms with E-state index in [2.05, 4.69) is 0 Å². The van der Waals surface area contributed by atoms with E-state index in [0.29, 0.717) is 27.6 Å². The summed E-state index contributed by atoms with van der Waals surface area (Å²) in [6.45, 7) is 0. The molecule has 3 aromatic carbocycles. The lowest BCUT2D eigenvalue weighted by molar-refractivity contribution is 0.103. The molecule has 0 saturated heterocycles. The van der Waals surface area contributed by atoms with Gasteiger partial charge < -0.3 is 9.47 Å². The molecule has 0 aliphatic heterocycles. The van der Waals surface area contributed by atoms with Crippen LogP contribution in [0.25, 0.3) is 11.1 Å². The number of benzene rings is 3. The molecule has 0 heterocycles. The molecule has 0 amide bonds. The van der Waals surface area contributed by atoms with Gasteiger partial charge in [0.15, 0.2) is 5.78 Å². The lowest BCUT2D eigenvalue weighted by Crippen LogP contribution is -2.01. The number of hydrogen-bond acceptors (Lipinski definition) is 3. The van der Waals surface area contributed by atoms with Gasteiger partial charge in [-0.05, 0) is 18.2 Å². The highest BCUT2D eigenvalue weighted by atomic mass is 35.5. The highest BCUT2D eigenvalue weighted by molar-refractivity contribution is 6.34. The molecular formula is C21H17ClO3. The van der Waals surface area contributed by atoms with Crippen molar-refractivity contribution in [2.75, 3.05) is 14.2 Å². The van der Waals surface area contributed by atoms with Crippen LogP contribution in [0.1, 0.15) is 15.9 Å². The minimum absolute atomic E-state index is 0.0595. The smallest absolute Gasteiger partial charge is 0.193 e. The van der Waals surface area contributed by atoms with E-state index >= 15 is 0 Å². The molecule has 126 valence electrons. The fourth-order valence-corrected chi connectivity index (χ4v) is 2.93. The van der Waals surface area contributed by atoms with Gasteiger partial charge in [0.2, 0.25) is 0 Å². The first-order valence-corrected chi connectivity index (χ1v) is 8.13. The average molecular weight is 353 g/mol. The molecule has 0 aliphatic carbocycles. The van der Waals surface area contributed by atoms with E-state index in [-0.39, 0.29) is 5.78 Å². The topological polar surface area (TPSA) is 35.5 Å². The number of carbonyl (C=O) groups excluding carboxylic acids is 1. The summed E-state index contributed by atoms with van der Waals surface area (Å²) in [5.74, 6) is 1.30. The quantitative estimate of drug-likeness (QED) is 0.588. The molecule has 25 heavy (non-hydrogen) atoms. The molecule has 0 aromatic heterocycles. The molecule has 0 unspecified atom stereocenters. The molecule has 0 aliphatic rings. The summed E-state index contributed by atoms with van der Waals surface area (Å²) >= 11 is 6.46. The van der Waals surface area contributed by atoms with Crippen LogP contribution < -0.4 is 9.47 Å². The third-order valence-corrected chi connectivity index (χ3v) is 4.28. The maximum atomic E-state index is 12.6. The number of carbonyl (C=O) groups is 1. The fourth-order valence-electron chi connectivity index (χ4n) is 2.65. The van der Waals surface area contributed by atoms with E-state index in [9.17, 15) is 4.79 Å². The molecule has 0 bridgehead atoms. The molecule has 4 heteroatoms. The van der Waals surface area contributed by atoms with Crippen molar-refractivity contribution in [1.82, 2.24) is 0 Å². The summed E-state index contributed by atoms with van der Waals surface area (Å²) in [6.07, 6.45) is 0. The van der Waals surface area contributed by atoms with Crippen LogP contribution in [0.2, 0.25) is 5.02 Å². The van der Waals surface area contributed by atoms with Crippen LogP contribution in [-0.4, -0.2) is 20.0 Å². The first-order chi connectivity index (χ1) is 12.1. The zero-order valence-corrected chi connectivity index (χ0v) is 14.7. The van der Waals surface area contributed by atoms with E-state index in [4.69, 9.17) is 21.1 Å². The molecule has 3 rings (SSSR count). The number of halogens is 1. The Labute approximate surface area is 151 Å². The van der Waals surface area contributed by atoms with Gasteiger partial charge in [0, 0.05) is 33.3 Å². The molecule has 3 nitrogen and oxygen atoms in total. The van der Waals surface area contributed by atoms with Gasteiger partial charge in [-0.1, -0.05) is 54.1 Å². The lowest BCUT2D eigenvalue weighted by Gasteiger charge is -2.12. The van der Waals surface area contributed by atoms with E-state index in [0.717, 1.165) is 11.1 Å². The van der Waals surface area contributed by atoms with Gasteiger partial charge in [0.25, 0.3) is 0 Å².